The van der Waals surface area contributed by atoms with Gasteiger partial charge in [0.1, 0.15) is 0 Å². The summed E-state index contributed by atoms with van der Waals surface area (Å²) < 4.78 is 0. The second-order valence-corrected chi connectivity index (χ2v) is 5.37. The largest absolute Gasteiger partial charge is 0.334 e. The number of benzene rings is 1. The smallest absolute Gasteiger partial charge is 0.240 e. The number of carbonyl (C=O) groups is 1. The highest BCUT2D eigenvalue weighted by Crippen LogP contribution is 2.32. The van der Waals surface area contributed by atoms with Crippen molar-refractivity contribution in [1.82, 2.24) is 4.90 Å². The number of hydrogen-bond donors (Lipinski definition) is 1. The van der Waals surface area contributed by atoms with Crippen LogP contribution in [0, 0.1) is 5.92 Å². The number of nitrogens with zero attached hydrogens (tertiary/aromatic N) is 1. The summed E-state index contributed by atoms with van der Waals surface area (Å²) in [5.74, 6) is 0.283. The summed E-state index contributed by atoms with van der Waals surface area (Å²) in [4.78, 5) is 14.3. The van der Waals surface area contributed by atoms with Crippen molar-refractivity contribution >= 4 is 5.91 Å². The van der Waals surface area contributed by atoms with Gasteiger partial charge < -0.3 is 10.6 Å². The maximum atomic E-state index is 12.4. The van der Waals surface area contributed by atoms with Crippen LogP contribution in [0.5, 0.6) is 0 Å². The molecular weight excluding hydrogens is 224 g/mol. The molecular formula is C15H22N2O. The Balaban J connectivity index is 2.15. The highest BCUT2D eigenvalue weighted by atomic mass is 16.2. The quantitative estimate of drug-likeness (QED) is 0.889. The summed E-state index contributed by atoms with van der Waals surface area (Å²) >= 11 is 0. The first-order valence-corrected chi connectivity index (χ1v) is 6.72. The van der Waals surface area contributed by atoms with Gasteiger partial charge in [-0.3, -0.25) is 4.79 Å². The number of likely N-dealkylation sites (tertiary alicyclic amines) is 1. The van der Waals surface area contributed by atoms with E-state index >= 15 is 0 Å². The predicted octanol–water partition coefficient (Wildman–Crippen LogP) is 2.33. The zero-order valence-electron chi connectivity index (χ0n) is 11.2. The van der Waals surface area contributed by atoms with Crippen molar-refractivity contribution in [2.45, 2.75) is 38.8 Å². The Kier molecular flexibility index (Phi) is 4.02. The lowest BCUT2D eigenvalue weighted by molar-refractivity contribution is -0.134. The first-order chi connectivity index (χ1) is 8.61. The molecule has 0 aliphatic carbocycles. The molecule has 98 valence electrons. The molecule has 1 aromatic carbocycles. The van der Waals surface area contributed by atoms with E-state index in [0.717, 1.165) is 19.4 Å². The summed E-state index contributed by atoms with van der Waals surface area (Å²) in [6.07, 6.45) is 2.11. The van der Waals surface area contributed by atoms with Gasteiger partial charge >= 0.3 is 0 Å². The van der Waals surface area contributed by atoms with Gasteiger partial charge in [0.25, 0.3) is 0 Å². The lowest BCUT2D eigenvalue weighted by Crippen LogP contribution is -2.46. The van der Waals surface area contributed by atoms with Crippen molar-refractivity contribution in [3.8, 4) is 0 Å². The minimum atomic E-state index is -0.380. The molecule has 1 saturated heterocycles. The number of amides is 1. The van der Waals surface area contributed by atoms with Crippen LogP contribution >= 0.6 is 0 Å². The normalized spacial score (nSPS) is 21.3. The molecule has 3 nitrogen and oxygen atoms in total. The van der Waals surface area contributed by atoms with Gasteiger partial charge in [-0.1, -0.05) is 44.2 Å². The molecule has 1 heterocycles. The van der Waals surface area contributed by atoms with Crippen LogP contribution in [0.2, 0.25) is 0 Å². The zero-order valence-corrected chi connectivity index (χ0v) is 11.2. The van der Waals surface area contributed by atoms with E-state index in [1.54, 1.807) is 0 Å². The second-order valence-electron chi connectivity index (χ2n) is 5.37. The third-order valence-electron chi connectivity index (χ3n) is 3.72. The van der Waals surface area contributed by atoms with Crippen molar-refractivity contribution in [2.75, 3.05) is 6.54 Å². The van der Waals surface area contributed by atoms with Gasteiger partial charge in [0.05, 0.1) is 12.1 Å². The molecule has 1 amide bonds. The Morgan fingerprint density at radius 3 is 2.61 bits per heavy atom. The van der Waals surface area contributed by atoms with Crippen LogP contribution in [-0.2, 0) is 4.79 Å². The van der Waals surface area contributed by atoms with Gasteiger partial charge in [0.15, 0.2) is 0 Å². The van der Waals surface area contributed by atoms with Crippen LogP contribution in [0.3, 0.4) is 0 Å². The van der Waals surface area contributed by atoms with Crippen LogP contribution in [0.15, 0.2) is 30.3 Å². The van der Waals surface area contributed by atoms with Crippen LogP contribution < -0.4 is 5.73 Å². The van der Waals surface area contributed by atoms with E-state index in [4.69, 9.17) is 5.73 Å². The van der Waals surface area contributed by atoms with Crippen LogP contribution in [0.4, 0.5) is 0 Å². The molecule has 1 aliphatic rings. The van der Waals surface area contributed by atoms with Gasteiger partial charge in [-0.2, -0.15) is 0 Å². The first kappa shape index (κ1) is 13.1. The molecule has 1 aromatic rings. The van der Waals surface area contributed by atoms with E-state index in [1.807, 2.05) is 36.9 Å². The fraction of sp³-hybridized carbons (Fsp3) is 0.533. The average Bonchev–Trinajstić information content (AvgIpc) is 2.87. The Morgan fingerprint density at radius 2 is 2.00 bits per heavy atom. The van der Waals surface area contributed by atoms with Crippen LogP contribution in [0.25, 0.3) is 0 Å². The van der Waals surface area contributed by atoms with Crippen LogP contribution in [-0.4, -0.2) is 23.4 Å². The first-order valence-electron chi connectivity index (χ1n) is 6.72. The minimum absolute atomic E-state index is 0.0938. The number of rotatable bonds is 3. The molecule has 1 unspecified atom stereocenters. The lowest BCUT2D eigenvalue weighted by Gasteiger charge is -2.29. The van der Waals surface area contributed by atoms with E-state index in [9.17, 15) is 4.79 Å². The molecule has 3 heteroatoms. The second kappa shape index (κ2) is 5.53. The summed E-state index contributed by atoms with van der Waals surface area (Å²) in [6.45, 7) is 4.82. The van der Waals surface area contributed by atoms with E-state index in [2.05, 4.69) is 12.1 Å². The molecule has 1 fully saturated rings. The molecule has 18 heavy (non-hydrogen) atoms. The van der Waals surface area contributed by atoms with E-state index in [0.29, 0.717) is 0 Å². The molecule has 0 spiro atoms. The Hall–Kier alpha value is -1.35. The third kappa shape index (κ3) is 2.56. The summed E-state index contributed by atoms with van der Waals surface area (Å²) in [5.41, 5.74) is 7.21. The molecule has 0 bridgehead atoms. The fourth-order valence-corrected chi connectivity index (χ4v) is 2.53. The van der Waals surface area contributed by atoms with Gasteiger partial charge in [-0.25, -0.2) is 0 Å². The molecule has 0 aromatic heterocycles. The SMILES string of the molecule is CC(C)[C@H](N)C(=O)N1CCCC1c1ccccc1. The number of carbonyl (C=O) groups excluding carboxylic acids is 1. The predicted molar refractivity (Wildman–Crippen MR) is 72.9 cm³/mol. The van der Waals surface area contributed by atoms with E-state index in [1.165, 1.54) is 5.56 Å². The van der Waals surface area contributed by atoms with Gasteiger partial charge in [0.2, 0.25) is 5.91 Å². The average molecular weight is 246 g/mol. The standard InChI is InChI=1S/C15H22N2O/c1-11(2)14(16)15(18)17-10-6-9-13(17)12-7-4-3-5-8-12/h3-5,7-8,11,13-14H,6,9-10,16H2,1-2H3/t13?,14-/m0/s1. The number of hydrogen-bond acceptors (Lipinski definition) is 2. The maximum Gasteiger partial charge on any atom is 0.240 e. The Labute approximate surface area is 109 Å². The van der Waals surface area contributed by atoms with Crippen molar-refractivity contribution in [3.63, 3.8) is 0 Å². The van der Waals surface area contributed by atoms with Crippen molar-refractivity contribution in [2.24, 2.45) is 11.7 Å². The summed E-state index contributed by atoms with van der Waals surface area (Å²) in [5, 5.41) is 0. The van der Waals surface area contributed by atoms with Crippen molar-refractivity contribution in [1.29, 1.82) is 0 Å². The minimum Gasteiger partial charge on any atom is -0.334 e. The molecule has 1 aliphatic heterocycles. The molecule has 2 atom stereocenters. The van der Waals surface area contributed by atoms with E-state index in [-0.39, 0.29) is 23.9 Å². The van der Waals surface area contributed by atoms with E-state index < -0.39 is 0 Å². The number of nitrogens with two attached hydrogens (primary N) is 1. The van der Waals surface area contributed by atoms with Gasteiger partial charge in [0, 0.05) is 6.54 Å². The van der Waals surface area contributed by atoms with Crippen LogP contribution in [0.1, 0.15) is 38.3 Å². The lowest BCUT2D eigenvalue weighted by atomic mass is 10.0. The summed E-state index contributed by atoms with van der Waals surface area (Å²) in [6, 6.07) is 10.1. The highest BCUT2D eigenvalue weighted by molar-refractivity contribution is 5.82. The van der Waals surface area contributed by atoms with Crippen molar-refractivity contribution in [3.05, 3.63) is 35.9 Å². The Morgan fingerprint density at radius 1 is 1.33 bits per heavy atom. The molecule has 0 radical (unpaired) electrons. The maximum absolute atomic E-state index is 12.4. The molecule has 0 saturated carbocycles. The summed E-state index contributed by atoms with van der Waals surface area (Å²) in [7, 11) is 0. The third-order valence-corrected chi connectivity index (χ3v) is 3.72. The monoisotopic (exact) mass is 246 g/mol. The van der Waals surface area contributed by atoms with Gasteiger partial charge in [-0.05, 0) is 24.3 Å². The zero-order chi connectivity index (χ0) is 13.1. The molecule has 2 rings (SSSR count). The van der Waals surface area contributed by atoms with Gasteiger partial charge in [-0.15, -0.1) is 0 Å². The topological polar surface area (TPSA) is 46.3 Å². The Bertz CT molecular complexity index is 402. The highest BCUT2D eigenvalue weighted by Gasteiger charge is 2.33. The fourth-order valence-electron chi connectivity index (χ4n) is 2.53. The molecule has 2 N–H and O–H groups in total. The van der Waals surface area contributed by atoms with Crippen molar-refractivity contribution < 1.29 is 4.79 Å².